The van der Waals surface area contributed by atoms with Crippen LogP contribution >= 0.6 is 0 Å². The number of aryl methyl sites for hydroxylation is 2. The van der Waals surface area contributed by atoms with Gasteiger partial charge in [-0.05, 0) is 45.4 Å². The quantitative estimate of drug-likeness (QED) is 0.737. The van der Waals surface area contributed by atoms with Crippen molar-refractivity contribution in [2.45, 2.75) is 59.0 Å². The first-order chi connectivity index (χ1) is 12.7. The van der Waals surface area contributed by atoms with E-state index in [0.717, 1.165) is 30.8 Å². The lowest BCUT2D eigenvalue weighted by Gasteiger charge is -2.31. The molecule has 1 saturated carbocycles. The number of ketones is 1. The van der Waals surface area contributed by atoms with E-state index >= 15 is 0 Å². The number of hydrogen-bond acceptors (Lipinski definition) is 4. The third kappa shape index (κ3) is 3.77. The van der Waals surface area contributed by atoms with Gasteiger partial charge >= 0.3 is 0 Å². The molecule has 1 aromatic heterocycles. The summed E-state index contributed by atoms with van der Waals surface area (Å²) in [6.07, 6.45) is 2.86. The van der Waals surface area contributed by atoms with Gasteiger partial charge in [-0.1, -0.05) is 0 Å². The minimum atomic E-state index is 0.00720. The Kier molecular flexibility index (Phi) is 5.40. The van der Waals surface area contributed by atoms with Crippen molar-refractivity contribution in [1.29, 1.82) is 0 Å². The number of hydrogen-bond donors (Lipinski definition) is 0. The van der Waals surface area contributed by atoms with Gasteiger partial charge in [-0.2, -0.15) is 5.10 Å². The number of fused-ring (bicyclic) bond motifs is 1. The SMILES string of the molecule is CC(=O)c1c(C)nn(CCC(=O)N(C)[C@H]2C[C@H]3CC(=O)N(C)C[C@H]3C2)c1C. The Balaban J connectivity index is 1.58. The summed E-state index contributed by atoms with van der Waals surface area (Å²) in [6.45, 7) is 6.53. The number of nitrogens with zero attached hydrogens (tertiary/aromatic N) is 4. The molecule has 0 bridgehead atoms. The molecule has 0 aromatic carbocycles. The van der Waals surface area contributed by atoms with Crippen molar-refractivity contribution in [2.24, 2.45) is 11.8 Å². The van der Waals surface area contributed by atoms with Gasteiger partial charge in [0.2, 0.25) is 11.8 Å². The highest BCUT2D eigenvalue weighted by molar-refractivity contribution is 5.96. The standard InChI is InChI=1S/C20H30N4O3/c1-12-20(14(3)25)13(2)24(21-12)7-6-18(26)23(5)17-8-15-10-19(27)22(4)11-16(15)9-17/h15-17H,6-11H2,1-5H3/t15-,16+,17-/m0/s1. The zero-order chi connectivity index (χ0) is 19.9. The molecule has 27 heavy (non-hydrogen) atoms. The van der Waals surface area contributed by atoms with Crippen LogP contribution in [0.5, 0.6) is 0 Å². The van der Waals surface area contributed by atoms with Crippen LogP contribution in [0, 0.1) is 25.7 Å². The summed E-state index contributed by atoms with van der Waals surface area (Å²) in [5, 5.41) is 4.42. The maximum absolute atomic E-state index is 12.7. The van der Waals surface area contributed by atoms with Gasteiger partial charge in [0.05, 0.1) is 11.3 Å². The molecule has 1 aliphatic heterocycles. The topological polar surface area (TPSA) is 75.5 Å². The van der Waals surface area contributed by atoms with E-state index < -0.39 is 0 Å². The molecule has 0 unspecified atom stereocenters. The van der Waals surface area contributed by atoms with E-state index in [1.165, 1.54) is 0 Å². The van der Waals surface area contributed by atoms with Gasteiger partial charge in [-0.3, -0.25) is 19.1 Å². The maximum atomic E-state index is 12.7. The first kappa shape index (κ1) is 19.6. The molecule has 3 rings (SSSR count). The molecule has 0 spiro atoms. The average Bonchev–Trinajstić information content (AvgIpc) is 3.12. The second-order valence-electron chi connectivity index (χ2n) is 8.20. The number of piperidine rings is 1. The summed E-state index contributed by atoms with van der Waals surface area (Å²) in [5.41, 5.74) is 2.20. The smallest absolute Gasteiger partial charge is 0.224 e. The van der Waals surface area contributed by atoms with E-state index in [4.69, 9.17) is 0 Å². The Morgan fingerprint density at radius 1 is 1.22 bits per heavy atom. The molecule has 148 valence electrons. The fourth-order valence-corrected chi connectivity index (χ4v) is 4.81. The molecule has 2 heterocycles. The minimum absolute atomic E-state index is 0.00720. The van der Waals surface area contributed by atoms with Gasteiger partial charge < -0.3 is 9.80 Å². The molecular formula is C20H30N4O3. The van der Waals surface area contributed by atoms with Gasteiger partial charge in [-0.25, -0.2) is 0 Å². The normalized spacial score (nSPS) is 24.9. The van der Waals surface area contributed by atoms with E-state index in [9.17, 15) is 14.4 Å². The fraction of sp³-hybridized carbons (Fsp3) is 0.700. The number of aromatic nitrogens is 2. The zero-order valence-corrected chi connectivity index (χ0v) is 17.0. The Morgan fingerprint density at radius 2 is 1.89 bits per heavy atom. The number of Topliss-reactive ketones (excluding diaryl/α,β-unsaturated/α-hetero) is 1. The molecule has 1 aromatic rings. The molecule has 1 saturated heterocycles. The van der Waals surface area contributed by atoms with Crippen LogP contribution < -0.4 is 0 Å². The molecule has 2 fully saturated rings. The van der Waals surface area contributed by atoms with Crippen molar-refractivity contribution < 1.29 is 14.4 Å². The van der Waals surface area contributed by atoms with E-state index in [0.29, 0.717) is 36.8 Å². The van der Waals surface area contributed by atoms with Gasteiger partial charge in [0.1, 0.15) is 0 Å². The zero-order valence-electron chi connectivity index (χ0n) is 17.0. The van der Waals surface area contributed by atoms with E-state index in [-0.39, 0.29) is 23.6 Å². The average molecular weight is 374 g/mol. The molecule has 0 radical (unpaired) electrons. The molecule has 1 aliphatic carbocycles. The molecule has 7 heteroatoms. The van der Waals surface area contributed by atoms with Gasteiger partial charge in [0.15, 0.2) is 5.78 Å². The van der Waals surface area contributed by atoms with Crippen molar-refractivity contribution >= 4 is 17.6 Å². The molecular weight excluding hydrogens is 344 g/mol. The highest BCUT2D eigenvalue weighted by atomic mass is 16.2. The second kappa shape index (κ2) is 7.44. The van der Waals surface area contributed by atoms with Crippen molar-refractivity contribution in [3.05, 3.63) is 17.0 Å². The summed E-state index contributed by atoms with van der Waals surface area (Å²) in [5.74, 6) is 1.23. The summed E-state index contributed by atoms with van der Waals surface area (Å²) < 4.78 is 1.76. The van der Waals surface area contributed by atoms with Crippen LogP contribution in [0.1, 0.15) is 54.4 Å². The third-order valence-corrected chi connectivity index (χ3v) is 6.40. The lowest BCUT2D eigenvalue weighted by Crippen LogP contribution is -2.40. The first-order valence-corrected chi connectivity index (χ1v) is 9.73. The number of amides is 2. The monoisotopic (exact) mass is 374 g/mol. The lowest BCUT2D eigenvalue weighted by molar-refractivity contribution is -0.135. The minimum Gasteiger partial charge on any atom is -0.345 e. The Bertz CT molecular complexity index is 770. The van der Waals surface area contributed by atoms with Crippen molar-refractivity contribution in [2.75, 3.05) is 20.6 Å². The summed E-state index contributed by atoms with van der Waals surface area (Å²) >= 11 is 0. The number of carbonyl (C=O) groups excluding carboxylic acids is 3. The van der Waals surface area contributed by atoms with Crippen LogP contribution in [0.15, 0.2) is 0 Å². The van der Waals surface area contributed by atoms with Crippen molar-refractivity contribution in [3.8, 4) is 0 Å². The van der Waals surface area contributed by atoms with E-state index in [1.54, 1.807) is 11.6 Å². The predicted octanol–water partition coefficient (Wildman–Crippen LogP) is 1.81. The van der Waals surface area contributed by atoms with Crippen LogP contribution in [-0.4, -0.2) is 63.9 Å². The predicted molar refractivity (Wildman–Crippen MR) is 101 cm³/mol. The highest BCUT2D eigenvalue weighted by Crippen LogP contribution is 2.40. The number of likely N-dealkylation sites (tertiary alicyclic amines) is 1. The largest absolute Gasteiger partial charge is 0.345 e. The number of carbonyl (C=O) groups is 3. The molecule has 7 nitrogen and oxygen atoms in total. The van der Waals surface area contributed by atoms with E-state index in [1.807, 2.05) is 37.7 Å². The lowest BCUT2D eigenvalue weighted by atomic mass is 9.88. The highest BCUT2D eigenvalue weighted by Gasteiger charge is 2.42. The van der Waals surface area contributed by atoms with Gasteiger partial charge in [-0.15, -0.1) is 0 Å². The Labute approximate surface area is 160 Å². The molecule has 3 atom stereocenters. The Hall–Kier alpha value is -2.18. The molecule has 0 N–H and O–H groups in total. The summed E-state index contributed by atoms with van der Waals surface area (Å²) in [4.78, 5) is 40.1. The van der Waals surface area contributed by atoms with Crippen LogP contribution in [0.25, 0.3) is 0 Å². The number of rotatable bonds is 5. The summed E-state index contributed by atoms with van der Waals surface area (Å²) in [7, 11) is 3.74. The maximum Gasteiger partial charge on any atom is 0.224 e. The fourth-order valence-electron chi connectivity index (χ4n) is 4.81. The van der Waals surface area contributed by atoms with E-state index in [2.05, 4.69) is 5.10 Å². The van der Waals surface area contributed by atoms with Crippen molar-refractivity contribution in [1.82, 2.24) is 19.6 Å². The Morgan fingerprint density at radius 3 is 2.52 bits per heavy atom. The van der Waals surface area contributed by atoms with Crippen LogP contribution in [0.2, 0.25) is 0 Å². The second-order valence-corrected chi connectivity index (χ2v) is 8.20. The van der Waals surface area contributed by atoms with Gasteiger partial charge in [0, 0.05) is 51.8 Å². The summed E-state index contributed by atoms with van der Waals surface area (Å²) in [6, 6.07) is 0.208. The van der Waals surface area contributed by atoms with Gasteiger partial charge in [0.25, 0.3) is 0 Å². The van der Waals surface area contributed by atoms with Crippen LogP contribution in [-0.2, 0) is 16.1 Å². The molecule has 2 aliphatic rings. The third-order valence-electron chi connectivity index (χ3n) is 6.40. The van der Waals surface area contributed by atoms with Crippen molar-refractivity contribution in [3.63, 3.8) is 0 Å². The van der Waals surface area contributed by atoms with Crippen LogP contribution in [0.4, 0.5) is 0 Å². The van der Waals surface area contributed by atoms with Crippen LogP contribution in [0.3, 0.4) is 0 Å². The molecule has 2 amide bonds. The first-order valence-electron chi connectivity index (χ1n) is 9.73.